The molecular weight excluding hydrogens is 247 g/mol. The number of anilines is 1. The van der Waals surface area contributed by atoms with Gasteiger partial charge < -0.3 is 15.2 Å². The van der Waals surface area contributed by atoms with E-state index in [1.807, 2.05) is 6.07 Å². The monoisotopic (exact) mass is 258 g/mol. The summed E-state index contributed by atoms with van der Waals surface area (Å²) in [7, 11) is 1.52. The molecule has 0 aromatic heterocycles. The zero-order valence-corrected chi connectivity index (χ0v) is 10.2. The zero-order chi connectivity index (χ0) is 13.8. The van der Waals surface area contributed by atoms with Gasteiger partial charge in [0, 0.05) is 6.07 Å². The van der Waals surface area contributed by atoms with E-state index in [0.717, 1.165) is 6.07 Å². The molecule has 0 saturated carbocycles. The van der Waals surface area contributed by atoms with Crippen LogP contribution in [-0.4, -0.2) is 7.11 Å². The van der Waals surface area contributed by atoms with E-state index >= 15 is 0 Å². The lowest BCUT2D eigenvalue weighted by Gasteiger charge is -2.10. The molecule has 0 heterocycles. The van der Waals surface area contributed by atoms with Crippen LogP contribution in [-0.2, 0) is 0 Å². The van der Waals surface area contributed by atoms with E-state index in [0.29, 0.717) is 17.2 Å². The first-order valence-corrected chi connectivity index (χ1v) is 5.45. The van der Waals surface area contributed by atoms with E-state index in [1.54, 1.807) is 18.2 Å². The van der Waals surface area contributed by atoms with Gasteiger partial charge in [-0.1, -0.05) is 0 Å². The Morgan fingerprint density at radius 3 is 2.47 bits per heavy atom. The molecule has 0 spiro atoms. The van der Waals surface area contributed by atoms with Crippen LogP contribution >= 0.6 is 0 Å². The van der Waals surface area contributed by atoms with E-state index in [-0.39, 0.29) is 11.3 Å². The van der Waals surface area contributed by atoms with Gasteiger partial charge in [0.15, 0.2) is 17.3 Å². The van der Waals surface area contributed by atoms with Crippen molar-refractivity contribution in [1.82, 2.24) is 0 Å². The molecule has 2 rings (SSSR count). The van der Waals surface area contributed by atoms with Gasteiger partial charge in [0.25, 0.3) is 0 Å². The molecule has 0 aliphatic rings. The third-order valence-corrected chi connectivity index (χ3v) is 2.50. The number of nitriles is 1. The Bertz CT molecular complexity index is 650. The van der Waals surface area contributed by atoms with Crippen LogP contribution < -0.4 is 15.2 Å². The Labute approximate surface area is 109 Å². The standard InChI is InChI=1S/C14H11FN2O2/c1-18-10-3-5-14(12(17)7-10)19-13-4-2-9(8-16)6-11(13)15/h2-7H,17H2,1H3. The van der Waals surface area contributed by atoms with E-state index < -0.39 is 5.82 Å². The van der Waals surface area contributed by atoms with Gasteiger partial charge in [-0.15, -0.1) is 0 Å². The minimum atomic E-state index is -0.616. The van der Waals surface area contributed by atoms with Crippen LogP contribution in [0.2, 0.25) is 0 Å². The molecule has 0 saturated heterocycles. The number of halogens is 1. The van der Waals surface area contributed by atoms with E-state index in [9.17, 15) is 4.39 Å². The zero-order valence-electron chi connectivity index (χ0n) is 10.2. The number of hydrogen-bond donors (Lipinski definition) is 1. The maximum Gasteiger partial charge on any atom is 0.167 e. The summed E-state index contributed by atoms with van der Waals surface area (Å²) >= 11 is 0. The number of methoxy groups -OCH3 is 1. The van der Waals surface area contributed by atoms with Gasteiger partial charge >= 0.3 is 0 Å². The molecule has 0 fully saturated rings. The first-order chi connectivity index (χ1) is 9.13. The summed E-state index contributed by atoms with van der Waals surface area (Å²) in [5.41, 5.74) is 6.34. The van der Waals surface area contributed by atoms with Crippen molar-refractivity contribution < 1.29 is 13.9 Å². The number of nitrogens with zero attached hydrogens (tertiary/aromatic N) is 1. The van der Waals surface area contributed by atoms with Crippen LogP contribution in [0.4, 0.5) is 10.1 Å². The first kappa shape index (κ1) is 12.7. The number of nitrogen functional groups attached to an aromatic ring is 1. The molecule has 0 radical (unpaired) electrons. The van der Waals surface area contributed by atoms with Crippen LogP contribution in [0.1, 0.15) is 5.56 Å². The highest BCUT2D eigenvalue weighted by atomic mass is 19.1. The Balaban J connectivity index is 2.29. The molecule has 96 valence electrons. The average molecular weight is 258 g/mol. The summed E-state index contributed by atoms with van der Waals surface area (Å²) in [5, 5.41) is 8.65. The smallest absolute Gasteiger partial charge is 0.167 e. The minimum Gasteiger partial charge on any atom is -0.497 e. The van der Waals surface area contributed by atoms with Crippen molar-refractivity contribution in [2.24, 2.45) is 0 Å². The summed E-state index contributed by atoms with van der Waals surface area (Å²) in [4.78, 5) is 0. The predicted molar refractivity (Wildman–Crippen MR) is 68.6 cm³/mol. The Morgan fingerprint density at radius 2 is 1.89 bits per heavy atom. The first-order valence-electron chi connectivity index (χ1n) is 5.45. The summed E-state index contributed by atoms with van der Waals surface area (Å²) in [6, 6.07) is 10.6. The van der Waals surface area contributed by atoms with Gasteiger partial charge in [-0.25, -0.2) is 4.39 Å². The second-order valence-electron chi connectivity index (χ2n) is 3.76. The van der Waals surface area contributed by atoms with Crippen molar-refractivity contribution in [3.8, 4) is 23.3 Å². The Hall–Kier alpha value is -2.74. The number of benzene rings is 2. The molecule has 0 unspecified atom stereocenters. The fourth-order valence-electron chi connectivity index (χ4n) is 1.52. The summed E-state index contributed by atoms with van der Waals surface area (Å²) in [6.07, 6.45) is 0. The summed E-state index contributed by atoms with van der Waals surface area (Å²) in [5.74, 6) is 0.305. The van der Waals surface area contributed by atoms with Crippen LogP contribution in [0.3, 0.4) is 0 Å². The van der Waals surface area contributed by atoms with Crippen LogP contribution in [0.5, 0.6) is 17.2 Å². The highest BCUT2D eigenvalue weighted by Gasteiger charge is 2.09. The molecule has 4 nitrogen and oxygen atoms in total. The van der Waals surface area contributed by atoms with E-state index in [2.05, 4.69) is 0 Å². The number of rotatable bonds is 3. The van der Waals surface area contributed by atoms with Crippen LogP contribution in [0.15, 0.2) is 36.4 Å². The lowest BCUT2D eigenvalue weighted by Crippen LogP contribution is -1.95. The maximum atomic E-state index is 13.7. The lowest BCUT2D eigenvalue weighted by atomic mass is 10.2. The number of hydrogen-bond acceptors (Lipinski definition) is 4. The van der Waals surface area contributed by atoms with Crippen molar-refractivity contribution in [3.05, 3.63) is 47.8 Å². The van der Waals surface area contributed by atoms with Gasteiger partial charge in [0.2, 0.25) is 0 Å². The molecule has 2 aromatic rings. The van der Waals surface area contributed by atoms with Crippen molar-refractivity contribution >= 4 is 5.69 Å². The molecule has 0 bridgehead atoms. The highest BCUT2D eigenvalue weighted by Crippen LogP contribution is 2.31. The normalized spacial score (nSPS) is 9.74. The molecule has 2 N–H and O–H groups in total. The SMILES string of the molecule is COc1ccc(Oc2ccc(C#N)cc2F)c(N)c1. The fraction of sp³-hybridized carbons (Fsp3) is 0.0714. The molecule has 2 aromatic carbocycles. The Kier molecular flexibility index (Phi) is 3.53. The second-order valence-corrected chi connectivity index (χ2v) is 3.76. The largest absolute Gasteiger partial charge is 0.497 e. The molecular formula is C14H11FN2O2. The summed E-state index contributed by atoms with van der Waals surface area (Å²) in [6.45, 7) is 0. The number of nitrogens with two attached hydrogens (primary N) is 1. The second kappa shape index (κ2) is 5.27. The predicted octanol–water partition coefficient (Wildman–Crippen LogP) is 3.08. The third kappa shape index (κ3) is 2.75. The maximum absolute atomic E-state index is 13.7. The van der Waals surface area contributed by atoms with Gasteiger partial charge in [-0.3, -0.25) is 0 Å². The topological polar surface area (TPSA) is 68.3 Å². The van der Waals surface area contributed by atoms with Crippen molar-refractivity contribution in [1.29, 1.82) is 5.26 Å². The Morgan fingerprint density at radius 1 is 1.16 bits per heavy atom. The molecule has 0 atom stereocenters. The van der Waals surface area contributed by atoms with Gasteiger partial charge in [0.1, 0.15) is 5.75 Å². The summed E-state index contributed by atoms with van der Waals surface area (Å²) < 4.78 is 24.0. The highest BCUT2D eigenvalue weighted by molar-refractivity contribution is 5.57. The van der Waals surface area contributed by atoms with Gasteiger partial charge in [-0.05, 0) is 30.3 Å². The van der Waals surface area contributed by atoms with Crippen LogP contribution in [0, 0.1) is 17.1 Å². The van der Waals surface area contributed by atoms with Crippen molar-refractivity contribution in [2.45, 2.75) is 0 Å². The fourth-order valence-corrected chi connectivity index (χ4v) is 1.52. The minimum absolute atomic E-state index is 0.0101. The van der Waals surface area contributed by atoms with Crippen LogP contribution in [0.25, 0.3) is 0 Å². The quantitative estimate of drug-likeness (QED) is 0.859. The lowest BCUT2D eigenvalue weighted by molar-refractivity contribution is 0.412. The van der Waals surface area contributed by atoms with E-state index in [4.69, 9.17) is 20.5 Å². The third-order valence-electron chi connectivity index (χ3n) is 2.50. The molecule has 0 aliphatic carbocycles. The molecule has 0 amide bonds. The number of ether oxygens (including phenoxy) is 2. The average Bonchev–Trinajstić information content (AvgIpc) is 2.42. The van der Waals surface area contributed by atoms with Crippen molar-refractivity contribution in [2.75, 3.05) is 12.8 Å². The molecule has 5 heteroatoms. The van der Waals surface area contributed by atoms with Gasteiger partial charge in [-0.2, -0.15) is 5.26 Å². The van der Waals surface area contributed by atoms with Crippen molar-refractivity contribution in [3.63, 3.8) is 0 Å². The molecule has 19 heavy (non-hydrogen) atoms. The molecule has 0 aliphatic heterocycles. The van der Waals surface area contributed by atoms with E-state index in [1.165, 1.54) is 19.2 Å². The van der Waals surface area contributed by atoms with Gasteiger partial charge in [0.05, 0.1) is 24.4 Å².